The maximum absolute atomic E-state index is 13.5. The van der Waals surface area contributed by atoms with E-state index in [1.54, 1.807) is 0 Å². The summed E-state index contributed by atoms with van der Waals surface area (Å²) in [6, 6.07) is 8.43. The van der Waals surface area contributed by atoms with Gasteiger partial charge in [-0.3, -0.25) is 9.36 Å². The van der Waals surface area contributed by atoms with Gasteiger partial charge in [0.05, 0.1) is 24.2 Å². The van der Waals surface area contributed by atoms with Gasteiger partial charge in [0.15, 0.2) is 0 Å². The summed E-state index contributed by atoms with van der Waals surface area (Å²) in [5.74, 6) is 0. The normalized spacial score (nSPS) is 26.1. The number of halogens is 3. The molecule has 5 rings (SSSR count). The van der Waals surface area contributed by atoms with Gasteiger partial charge in [-0.25, -0.2) is 9.78 Å². The minimum atomic E-state index is -4.45. The van der Waals surface area contributed by atoms with Crippen LogP contribution in [0.5, 0.6) is 0 Å². The summed E-state index contributed by atoms with van der Waals surface area (Å²) >= 11 is 0. The number of piperidine rings is 1. The van der Waals surface area contributed by atoms with E-state index in [9.17, 15) is 27.9 Å². The summed E-state index contributed by atoms with van der Waals surface area (Å²) in [4.78, 5) is 33.0. The summed E-state index contributed by atoms with van der Waals surface area (Å²) in [6.07, 6.45) is 0.463. The number of carbonyl (C=O) groups excluding carboxylic acids is 1. The first kappa shape index (κ1) is 24.8. The van der Waals surface area contributed by atoms with E-state index in [1.165, 1.54) is 21.9 Å². The van der Waals surface area contributed by atoms with Crippen LogP contribution < -0.4 is 5.56 Å². The number of amides is 2. The second kappa shape index (κ2) is 9.21. The third-order valence-corrected chi connectivity index (χ3v) is 8.36. The molecule has 1 aromatic carbocycles. The summed E-state index contributed by atoms with van der Waals surface area (Å²) in [7, 11) is 0. The molecule has 3 aliphatic rings. The number of hydrogen-bond acceptors (Lipinski definition) is 4. The molecule has 0 radical (unpaired) electrons. The minimum Gasteiger partial charge on any atom is -0.387 e. The van der Waals surface area contributed by atoms with Gasteiger partial charge in [-0.05, 0) is 32.1 Å². The molecule has 2 amide bonds. The van der Waals surface area contributed by atoms with E-state index in [4.69, 9.17) is 0 Å². The predicted molar refractivity (Wildman–Crippen MR) is 127 cm³/mol. The Kier molecular flexibility index (Phi) is 6.34. The molecule has 2 saturated heterocycles. The smallest absolute Gasteiger partial charge is 0.387 e. The fraction of sp³-hybridized carbons (Fsp3) is 0.577. The zero-order valence-corrected chi connectivity index (χ0v) is 20.1. The monoisotopic (exact) mass is 504 g/mol. The summed E-state index contributed by atoms with van der Waals surface area (Å²) in [6.45, 7) is 0.451. The number of aromatic nitrogens is 2. The Morgan fingerprint density at radius 1 is 1.08 bits per heavy atom. The number of likely N-dealkylation sites (tertiary alicyclic amines) is 2. The van der Waals surface area contributed by atoms with Crippen molar-refractivity contribution in [3.05, 3.63) is 53.1 Å². The third kappa shape index (κ3) is 4.40. The number of carbonyl (C=O) groups is 1. The Hall–Kier alpha value is -2.88. The lowest BCUT2D eigenvalue weighted by Gasteiger charge is -2.53. The Bertz CT molecular complexity index is 1160. The number of hydrogen-bond donors (Lipinski definition) is 1. The Morgan fingerprint density at radius 2 is 1.81 bits per heavy atom. The van der Waals surface area contributed by atoms with Gasteiger partial charge in [-0.1, -0.05) is 43.2 Å². The molecule has 1 saturated carbocycles. The van der Waals surface area contributed by atoms with Gasteiger partial charge >= 0.3 is 12.2 Å². The van der Waals surface area contributed by atoms with Crippen molar-refractivity contribution in [3.8, 4) is 11.3 Å². The first-order chi connectivity index (χ1) is 17.1. The molecule has 2 unspecified atom stereocenters. The summed E-state index contributed by atoms with van der Waals surface area (Å²) < 4.78 is 41.9. The molecule has 2 atom stereocenters. The van der Waals surface area contributed by atoms with Crippen molar-refractivity contribution in [2.24, 2.45) is 5.41 Å². The lowest BCUT2D eigenvalue weighted by Crippen LogP contribution is -2.64. The van der Waals surface area contributed by atoms with Crippen LogP contribution in [0.15, 0.2) is 47.5 Å². The first-order valence-electron chi connectivity index (χ1n) is 12.6. The van der Waals surface area contributed by atoms with E-state index in [1.807, 2.05) is 30.3 Å². The maximum Gasteiger partial charge on any atom is 0.408 e. The van der Waals surface area contributed by atoms with Crippen molar-refractivity contribution < 1.29 is 23.1 Å². The van der Waals surface area contributed by atoms with Gasteiger partial charge in [0, 0.05) is 36.7 Å². The van der Waals surface area contributed by atoms with Crippen LogP contribution in [-0.4, -0.2) is 67.9 Å². The number of rotatable bonds is 3. The fourth-order valence-corrected chi connectivity index (χ4v) is 6.37. The average molecular weight is 505 g/mol. The van der Waals surface area contributed by atoms with Crippen LogP contribution in [0.1, 0.15) is 44.9 Å². The third-order valence-electron chi connectivity index (χ3n) is 8.36. The van der Waals surface area contributed by atoms with E-state index in [0.717, 1.165) is 23.3 Å². The molecule has 1 spiro atoms. The number of urea groups is 1. The van der Waals surface area contributed by atoms with Crippen LogP contribution >= 0.6 is 0 Å². The summed E-state index contributed by atoms with van der Waals surface area (Å²) in [5, 5.41) is 11.9. The molecule has 36 heavy (non-hydrogen) atoms. The molecular weight excluding hydrogens is 473 g/mol. The molecule has 2 aliphatic heterocycles. The quantitative estimate of drug-likeness (QED) is 0.684. The zero-order chi connectivity index (χ0) is 25.6. The molecular formula is C26H31F3N4O3. The predicted octanol–water partition coefficient (Wildman–Crippen LogP) is 4.05. The van der Waals surface area contributed by atoms with Crippen LogP contribution in [0.3, 0.4) is 0 Å². The molecule has 7 nitrogen and oxygen atoms in total. The van der Waals surface area contributed by atoms with Crippen molar-refractivity contribution >= 4 is 6.03 Å². The highest BCUT2D eigenvalue weighted by molar-refractivity contribution is 5.75. The van der Waals surface area contributed by atoms with Gasteiger partial charge in [-0.2, -0.15) is 13.2 Å². The van der Waals surface area contributed by atoms with Crippen molar-refractivity contribution in [1.29, 1.82) is 0 Å². The van der Waals surface area contributed by atoms with E-state index in [2.05, 4.69) is 4.98 Å². The van der Waals surface area contributed by atoms with Gasteiger partial charge in [0.1, 0.15) is 6.04 Å². The molecule has 2 aromatic rings. The second-order valence-electron chi connectivity index (χ2n) is 10.5. The molecule has 3 heterocycles. The Labute approximate surface area is 207 Å². The highest BCUT2D eigenvalue weighted by atomic mass is 19.4. The Morgan fingerprint density at radius 3 is 2.47 bits per heavy atom. The minimum absolute atomic E-state index is 0.0326. The summed E-state index contributed by atoms with van der Waals surface area (Å²) in [5.41, 5.74) is -0.863. The number of nitrogens with zero attached hydrogens (tertiary/aromatic N) is 4. The van der Waals surface area contributed by atoms with Gasteiger partial charge in [-0.15, -0.1) is 0 Å². The van der Waals surface area contributed by atoms with E-state index in [-0.39, 0.29) is 44.6 Å². The van der Waals surface area contributed by atoms with Crippen LogP contribution in [-0.2, 0) is 6.54 Å². The SMILES string of the molecule is O=C(N1CCC(O)(Cn2cnc(-c3ccccc3)cc2=O)C2(CCCC2)C1)N1CCCC1C(F)(F)F. The van der Waals surface area contributed by atoms with Gasteiger partial charge in [0.2, 0.25) is 0 Å². The molecule has 1 N–H and O–H groups in total. The second-order valence-corrected chi connectivity index (χ2v) is 10.5. The topological polar surface area (TPSA) is 78.7 Å². The van der Waals surface area contributed by atoms with Gasteiger partial charge in [0.25, 0.3) is 5.56 Å². The molecule has 1 aliphatic carbocycles. The highest BCUT2D eigenvalue weighted by Gasteiger charge is 2.57. The Balaban J connectivity index is 1.37. The lowest BCUT2D eigenvalue weighted by atomic mass is 9.66. The van der Waals surface area contributed by atoms with Crippen molar-refractivity contribution in [2.75, 3.05) is 19.6 Å². The van der Waals surface area contributed by atoms with Crippen LogP contribution in [0.2, 0.25) is 0 Å². The molecule has 0 bridgehead atoms. The highest BCUT2D eigenvalue weighted by Crippen LogP contribution is 2.52. The average Bonchev–Trinajstić information content (AvgIpc) is 3.53. The molecule has 10 heteroatoms. The van der Waals surface area contributed by atoms with E-state index >= 15 is 0 Å². The first-order valence-corrected chi connectivity index (χ1v) is 12.6. The lowest BCUT2D eigenvalue weighted by molar-refractivity contribution is -0.173. The number of benzene rings is 1. The van der Waals surface area contributed by atoms with Crippen molar-refractivity contribution in [2.45, 2.75) is 69.3 Å². The van der Waals surface area contributed by atoms with Crippen molar-refractivity contribution in [3.63, 3.8) is 0 Å². The number of alkyl halides is 3. The number of aliphatic hydroxyl groups is 1. The molecule has 194 valence electrons. The molecule has 3 fully saturated rings. The van der Waals surface area contributed by atoms with Crippen molar-refractivity contribution in [1.82, 2.24) is 19.4 Å². The van der Waals surface area contributed by atoms with E-state index < -0.39 is 29.3 Å². The fourth-order valence-electron chi connectivity index (χ4n) is 6.37. The standard InChI is InChI=1S/C26H31F3N4O3/c27-26(28,29)21-9-6-13-33(21)23(35)31-14-12-25(36,24(16-31)10-4-5-11-24)17-32-18-30-20(15-22(32)34)19-7-2-1-3-8-19/h1-3,7-8,15,18,21,36H,4-6,9-14,16-17H2. The van der Waals surface area contributed by atoms with E-state index in [0.29, 0.717) is 25.0 Å². The van der Waals surface area contributed by atoms with Crippen LogP contribution in [0.4, 0.5) is 18.0 Å². The van der Waals surface area contributed by atoms with Crippen LogP contribution in [0.25, 0.3) is 11.3 Å². The van der Waals surface area contributed by atoms with Gasteiger partial charge < -0.3 is 14.9 Å². The largest absolute Gasteiger partial charge is 0.408 e. The zero-order valence-electron chi connectivity index (χ0n) is 20.1. The maximum atomic E-state index is 13.5. The van der Waals surface area contributed by atoms with Crippen LogP contribution in [0, 0.1) is 5.41 Å². The molecule has 1 aromatic heterocycles.